The Bertz CT molecular complexity index is 955. The summed E-state index contributed by atoms with van der Waals surface area (Å²) in [6.45, 7) is 2.83. The highest BCUT2D eigenvalue weighted by atomic mass is 32.2. The number of benzene rings is 1. The Balaban J connectivity index is 1.52. The number of hydrogen-bond donors (Lipinski definition) is 0. The van der Waals surface area contributed by atoms with E-state index in [0.29, 0.717) is 12.3 Å². The lowest BCUT2D eigenvalue weighted by atomic mass is 10.2. The fourth-order valence-electron chi connectivity index (χ4n) is 3.67. The summed E-state index contributed by atoms with van der Waals surface area (Å²) in [5.41, 5.74) is 0.742. The van der Waals surface area contributed by atoms with Crippen LogP contribution in [0.1, 0.15) is 37.9 Å². The van der Waals surface area contributed by atoms with Gasteiger partial charge in [0.05, 0.1) is 23.3 Å². The van der Waals surface area contributed by atoms with Crippen molar-refractivity contribution in [2.75, 3.05) is 22.2 Å². The van der Waals surface area contributed by atoms with Crippen LogP contribution >= 0.6 is 11.8 Å². The van der Waals surface area contributed by atoms with E-state index in [0.717, 1.165) is 36.1 Å². The van der Waals surface area contributed by atoms with Crippen LogP contribution in [0.2, 0.25) is 0 Å². The minimum absolute atomic E-state index is 0.0231. The highest BCUT2D eigenvalue weighted by Crippen LogP contribution is 2.40. The number of sulfone groups is 1. The van der Waals surface area contributed by atoms with Crippen LogP contribution in [0.3, 0.4) is 0 Å². The van der Waals surface area contributed by atoms with Crippen molar-refractivity contribution in [2.24, 2.45) is 0 Å². The molecule has 7 nitrogen and oxygen atoms in total. The highest BCUT2D eigenvalue weighted by molar-refractivity contribution is 7.99. The third kappa shape index (κ3) is 4.10. The van der Waals surface area contributed by atoms with E-state index >= 15 is 0 Å². The normalized spacial score (nSPS) is 21.0. The van der Waals surface area contributed by atoms with Gasteiger partial charge in [0.1, 0.15) is 5.82 Å². The Kier molecular flexibility index (Phi) is 5.46. The molecule has 1 saturated carbocycles. The van der Waals surface area contributed by atoms with Crippen LogP contribution in [0.4, 0.5) is 5.69 Å². The first-order valence-electron chi connectivity index (χ1n) is 9.62. The van der Waals surface area contributed by atoms with Gasteiger partial charge in [-0.25, -0.2) is 8.42 Å². The fourth-order valence-corrected chi connectivity index (χ4v) is 6.24. The maximum atomic E-state index is 13.1. The van der Waals surface area contributed by atoms with Gasteiger partial charge in [-0.1, -0.05) is 30.0 Å². The zero-order valence-corrected chi connectivity index (χ0v) is 17.5. The van der Waals surface area contributed by atoms with E-state index in [1.54, 1.807) is 4.90 Å². The van der Waals surface area contributed by atoms with Crippen molar-refractivity contribution >= 4 is 33.2 Å². The maximum absolute atomic E-state index is 13.1. The molecule has 150 valence electrons. The van der Waals surface area contributed by atoms with Crippen LogP contribution in [0.5, 0.6) is 0 Å². The predicted molar refractivity (Wildman–Crippen MR) is 109 cm³/mol. The quantitative estimate of drug-likeness (QED) is 0.640. The van der Waals surface area contributed by atoms with Crippen LogP contribution in [-0.4, -0.2) is 52.4 Å². The molecule has 2 aromatic rings. The molecule has 1 aromatic carbocycles. The Hall–Kier alpha value is -1.87. The molecule has 1 aromatic heterocycles. The molecule has 1 aliphatic heterocycles. The minimum atomic E-state index is -3.09. The smallest absolute Gasteiger partial charge is 0.237 e. The number of amides is 1. The maximum Gasteiger partial charge on any atom is 0.237 e. The lowest BCUT2D eigenvalue weighted by Gasteiger charge is -2.28. The van der Waals surface area contributed by atoms with Crippen molar-refractivity contribution in [1.29, 1.82) is 0 Å². The summed E-state index contributed by atoms with van der Waals surface area (Å²) in [7, 11) is -3.09. The third-order valence-corrected chi connectivity index (χ3v) is 7.91. The Morgan fingerprint density at radius 3 is 2.57 bits per heavy atom. The lowest BCUT2D eigenvalue weighted by molar-refractivity contribution is -0.116. The molecule has 2 aliphatic rings. The van der Waals surface area contributed by atoms with Gasteiger partial charge in [-0.2, -0.15) is 0 Å². The number of aromatic nitrogens is 3. The SMILES string of the molecule is CCn1c(SCC(=O)N(c2ccccc2)[C@H]2CCS(=O)(=O)C2)nnc1C1CC1. The van der Waals surface area contributed by atoms with Crippen LogP contribution in [0.15, 0.2) is 35.5 Å². The topological polar surface area (TPSA) is 85.2 Å². The molecule has 0 radical (unpaired) electrons. The number of para-hydroxylation sites is 1. The fraction of sp³-hybridized carbons (Fsp3) is 0.526. The van der Waals surface area contributed by atoms with Crippen molar-refractivity contribution in [3.8, 4) is 0 Å². The van der Waals surface area contributed by atoms with Crippen molar-refractivity contribution in [3.63, 3.8) is 0 Å². The predicted octanol–water partition coefficient (Wildman–Crippen LogP) is 2.49. The molecule has 1 saturated heterocycles. The zero-order chi connectivity index (χ0) is 19.7. The zero-order valence-electron chi connectivity index (χ0n) is 15.8. The van der Waals surface area contributed by atoms with E-state index in [1.807, 2.05) is 30.3 Å². The first kappa shape index (κ1) is 19.4. The first-order chi connectivity index (χ1) is 13.5. The molecule has 0 spiro atoms. The molecule has 1 amide bonds. The second-order valence-corrected chi connectivity index (χ2v) is 10.5. The minimum Gasteiger partial charge on any atom is -0.308 e. The van der Waals surface area contributed by atoms with E-state index in [9.17, 15) is 13.2 Å². The van der Waals surface area contributed by atoms with Gasteiger partial charge in [0.25, 0.3) is 0 Å². The molecule has 1 aliphatic carbocycles. The van der Waals surface area contributed by atoms with E-state index < -0.39 is 9.84 Å². The number of carbonyl (C=O) groups excluding carboxylic acids is 1. The number of anilines is 1. The molecule has 9 heteroatoms. The van der Waals surface area contributed by atoms with Gasteiger partial charge in [-0.05, 0) is 38.3 Å². The second-order valence-electron chi connectivity index (χ2n) is 7.30. The van der Waals surface area contributed by atoms with Gasteiger partial charge in [-0.3, -0.25) is 4.79 Å². The molecule has 28 heavy (non-hydrogen) atoms. The number of nitrogens with zero attached hydrogens (tertiary/aromatic N) is 4. The van der Waals surface area contributed by atoms with Gasteiger partial charge in [0, 0.05) is 18.2 Å². The molecule has 0 bridgehead atoms. The van der Waals surface area contributed by atoms with Gasteiger partial charge >= 0.3 is 0 Å². The Labute approximate surface area is 169 Å². The molecule has 0 unspecified atom stereocenters. The summed E-state index contributed by atoms with van der Waals surface area (Å²) >= 11 is 1.38. The van der Waals surface area contributed by atoms with E-state index in [1.165, 1.54) is 11.8 Å². The van der Waals surface area contributed by atoms with Crippen molar-refractivity contribution in [2.45, 2.75) is 49.8 Å². The largest absolute Gasteiger partial charge is 0.308 e. The van der Waals surface area contributed by atoms with Gasteiger partial charge in [0.15, 0.2) is 15.0 Å². The summed E-state index contributed by atoms with van der Waals surface area (Å²) in [5.74, 6) is 1.78. The van der Waals surface area contributed by atoms with Gasteiger partial charge in [-0.15, -0.1) is 10.2 Å². The second kappa shape index (κ2) is 7.87. The third-order valence-electron chi connectivity index (χ3n) is 5.21. The molecule has 0 N–H and O–H groups in total. The van der Waals surface area contributed by atoms with Crippen molar-refractivity contribution in [3.05, 3.63) is 36.2 Å². The summed E-state index contributed by atoms with van der Waals surface area (Å²) in [6.07, 6.45) is 2.78. The number of thioether (sulfide) groups is 1. The van der Waals surface area contributed by atoms with E-state index in [4.69, 9.17) is 0 Å². The Morgan fingerprint density at radius 1 is 1.21 bits per heavy atom. The van der Waals surface area contributed by atoms with Crippen molar-refractivity contribution < 1.29 is 13.2 Å². The highest BCUT2D eigenvalue weighted by Gasteiger charge is 2.36. The molecular formula is C19H24N4O3S2. The number of carbonyl (C=O) groups is 1. The summed E-state index contributed by atoms with van der Waals surface area (Å²) in [6, 6.07) is 9.01. The van der Waals surface area contributed by atoms with Crippen LogP contribution in [0, 0.1) is 0 Å². The van der Waals surface area contributed by atoms with Gasteiger partial charge < -0.3 is 9.47 Å². The molecule has 4 rings (SSSR count). The Morgan fingerprint density at radius 2 is 1.96 bits per heavy atom. The summed E-state index contributed by atoms with van der Waals surface area (Å²) in [4.78, 5) is 14.8. The van der Waals surface area contributed by atoms with Crippen molar-refractivity contribution in [1.82, 2.24) is 14.8 Å². The number of hydrogen-bond acceptors (Lipinski definition) is 6. The van der Waals surface area contributed by atoms with Crippen LogP contribution < -0.4 is 4.90 Å². The molecule has 2 fully saturated rings. The average Bonchev–Trinajstić information content (AvgIpc) is 3.35. The van der Waals surface area contributed by atoms with E-state index in [-0.39, 0.29) is 29.2 Å². The average molecular weight is 421 g/mol. The van der Waals surface area contributed by atoms with Crippen LogP contribution in [-0.2, 0) is 21.2 Å². The van der Waals surface area contributed by atoms with Crippen LogP contribution in [0.25, 0.3) is 0 Å². The standard InChI is InChI=1S/C19H24N4O3S2/c1-2-22-18(14-8-9-14)20-21-19(22)27-12-17(24)23(15-6-4-3-5-7-15)16-10-11-28(25,26)13-16/h3-7,14,16H,2,8-13H2,1H3/t16-/m0/s1. The monoisotopic (exact) mass is 420 g/mol. The molecule has 1 atom stereocenters. The molecule has 2 heterocycles. The van der Waals surface area contributed by atoms with Gasteiger partial charge in [0.2, 0.25) is 5.91 Å². The summed E-state index contributed by atoms with van der Waals surface area (Å²) < 4.78 is 26.0. The number of rotatable bonds is 7. The summed E-state index contributed by atoms with van der Waals surface area (Å²) in [5, 5.41) is 9.35. The molecular weight excluding hydrogens is 396 g/mol. The first-order valence-corrected chi connectivity index (χ1v) is 12.4. The lowest BCUT2D eigenvalue weighted by Crippen LogP contribution is -2.42. The van der Waals surface area contributed by atoms with E-state index in [2.05, 4.69) is 21.7 Å².